The van der Waals surface area contributed by atoms with E-state index in [1.54, 1.807) is 11.3 Å². The highest BCUT2D eigenvalue weighted by atomic mass is 32.1. The molecule has 1 aromatic rings. The van der Waals surface area contributed by atoms with Crippen LogP contribution in [0.15, 0.2) is 17.5 Å². The molecule has 0 bridgehead atoms. The van der Waals surface area contributed by atoms with Crippen molar-refractivity contribution in [3.8, 4) is 0 Å². The molecule has 2 rings (SSSR count). The van der Waals surface area contributed by atoms with Gasteiger partial charge in [0.05, 0.1) is 6.04 Å². The highest BCUT2D eigenvalue weighted by Gasteiger charge is 2.23. The van der Waals surface area contributed by atoms with Crippen molar-refractivity contribution in [3.63, 3.8) is 0 Å². The number of likely N-dealkylation sites (N-methyl/N-ethyl adjacent to an activating group) is 1. The van der Waals surface area contributed by atoms with Crippen molar-refractivity contribution in [2.75, 3.05) is 33.7 Å². The Balaban J connectivity index is 1.78. The molecule has 0 aromatic carbocycles. The van der Waals surface area contributed by atoms with Crippen LogP contribution in [0.5, 0.6) is 0 Å². The third kappa shape index (κ3) is 5.07. The van der Waals surface area contributed by atoms with Crippen molar-refractivity contribution < 1.29 is 4.79 Å². The average Bonchev–Trinajstić information content (AvgIpc) is 3.02. The summed E-state index contributed by atoms with van der Waals surface area (Å²) in [5, 5.41) is 8.65. The number of carbonyl (C=O) groups excluding carboxylic acids is 1. The maximum atomic E-state index is 12.2. The monoisotopic (exact) mass is 323 g/mol. The van der Waals surface area contributed by atoms with E-state index in [0.29, 0.717) is 24.8 Å². The van der Waals surface area contributed by atoms with Crippen LogP contribution >= 0.6 is 11.3 Å². The number of piperidine rings is 1. The summed E-state index contributed by atoms with van der Waals surface area (Å²) in [5.41, 5.74) is 0. The summed E-state index contributed by atoms with van der Waals surface area (Å²) in [6.45, 7) is 5.08. The van der Waals surface area contributed by atoms with Gasteiger partial charge in [0.1, 0.15) is 0 Å². The minimum absolute atomic E-state index is 0.182. The van der Waals surface area contributed by atoms with Crippen molar-refractivity contribution in [3.05, 3.63) is 22.4 Å². The third-order valence-corrected chi connectivity index (χ3v) is 5.61. The Bertz CT molecular complexity index is 441. The number of amides is 1. The molecule has 3 unspecified atom stereocenters. The van der Waals surface area contributed by atoms with Gasteiger partial charge < -0.3 is 15.5 Å². The van der Waals surface area contributed by atoms with E-state index in [0.717, 1.165) is 13.1 Å². The number of hydrogen-bond acceptors (Lipinski definition) is 4. The van der Waals surface area contributed by atoms with E-state index >= 15 is 0 Å². The van der Waals surface area contributed by atoms with Crippen molar-refractivity contribution in [1.82, 2.24) is 15.5 Å². The maximum absolute atomic E-state index is 12.2. The molecular weight excluding hydrogens is 294 g/mol. The minimum Gasteiger partial charge on any atom is -0.354 e. The second-order valence-electron chi connectivity index (χ2n) is 6.59. The summed E-state index contributed by atoms with van der Waals surface area (Å²) in [5.74, 6) is 1.27. The lowest BCUT2D eigenvalue weighted by Gasteiger charge is -2.28. The first-order valence-electron chi connectivity index (χ1n) is 8.25. The van der Waals surface area contributed by atoms with E-state index in [1.807, 2.05) is 0 Å². The summed E-state index contributed by atoms with van der Waals surface area (Å²) in [7, 11) is 4.12. The van der Waals surface area contributed by atoms with Crippen molar-refractivity contribution in [1.29, 1.82) is 0 Å². The molecule has 1 fully saturated rings. The lowest BCUT2D eigenvalue weighted by molar-refractivity contribution is -0.122. The molecule has 0 radical (unpaired) electrons. The molecule has 1 aromatic heterocycles. The number of carbonyl (C=O) groups is 1. The minimum atomic E-state index is 0.182. The molecule has 124 valence electrons. The molecule has 0 spiro atoms. The lowest BCUT2D eigenvalue weighted by atomic mass is 9.85. The van der Waals surface area contributed by atoms with E-state index < -0.39 is 0 Å². The molecule has 1 saturated heterocycles. The van der Waals surface area contributed by atoms with Crippen LogP contribution in [-0.4, -0.2) is 44.5 Å². The van der Waals surface area contributed by atoms with Crippen LogP contribution in [0.1, 0.15) is 37.1 Å². The van der Waals surface area contributed by atoms with Gasteiger partial charge >= 0.3 is 0 Å². The Hall–Kier alpha value is -0.910. The predicted octanol–water partition coefficient (Wildman–Crippen LogP) is 2.49. The van der Waals surface area contributed by atoms with E-state index in [9.17, 15) is 4.79 Å². The zero-order valence-electron chi connectivity index (χ0n) is 14.0. The van der Waals surface area contributed by atoms with Gasteiger partial charge in [-0.3, -0.25) is 4.79 Å². The molecule has 5 heteroatoms. The zero-order valence-corrected chi connectivity index (χ0v) is 14.8. The second kappa shape index (κ2) is 8.65. The van der Waals surface area contributed by atoms with Crippen LogP contribution in [0.25, 0.3) is 0 Å². The molecular formula is C17H29N3OS. The summed E-state index contributed by atoms with van der Waals surface area (Å²) < 4.78 is 0. The summed E-state index contributed by atoms with van der Waals surface area (Å²) >= 11 is 1.75. The SMILES string of the molecule is CC(CC(=O)NCC(c1cccs1)N(C)C)C1CCCNC1. The van der Waals surface area contributed by atoms with Crippen LogP contribution in [-0.2, 0) is 4.79 Å². The maximum Gasteiger partial charge on any atom is 0.220 e. The summed E-state index contributed by atoms with van der Waals surface area (Å²) in [4.78, 5) is 15.7. The molecule has 1 amide bonds. The molecule has 2 N–H and O–H groups in total. The third-order valence-electron chi connectivity index (χ3n) is 4.63. The fourth-order valence-electron chi connectivity index (χ4n) is 3.12. The molecule has 4 nitrogen and oxygen atoms in total. The van der Waals surface area contributed by atoms with Crippen LogP contribution in [0.4, 0.5) is 0 Å². The van der Waals surface area contributed by atoms with Gasteiger partial charge in [-0.25, -0.2) is 0 Å². The number of rotatable bonds is 7. The van der Waals surface area contributed by atoms with E-state index in [-0.39, 0.29) is 11.9 Å². The van der Waals surface area contributed by atoms with Gasteiger partial charge in [-0.2, -0.15) is 0 Å². The number of thiophene rings is 1. The van der Waals surface area contributed by atoms with Crippen molar-refractivity contribution in [2.24, 2.45) is 11.8 Å². The molecule has 22 heavy (non-hydrogen) atoms. The first kappa shape index (κ1) is 17.4. The molecule has 3 atom stereocenters. The first-order valence-corrected chi connectivity index (χ1v) is 9.13. The Morgan fingerprint density at radius 3 is 2.95 bits per heavy atom. The number of nitrogens with one attached hydrogen (secondary N) is 2. The second-order valence-corrected chi connectivity index (χ2v) is 7.57. The smallest absolute Gasteiger partial charge is 0.220 e. The van der Waals surface area contributed by atoms with Gasteiger partial charge in [-0.15, -0.1) is 11.3 Å². The molecule has 0 aliphatic carbocycles. The number of nitrogens with zero attached hydrogens (tertiary/aromatic N) is 1. The normalized spacial score (nSPS) is 21.5. The van der Waals surface area contributed by atoms with Gasteiger partial charge in [-0.05, 0) is 63.3 Å². The summed E-state index contributed by atoms with van der Waals surface area (Å²) in [6.07, 6.45) is 3.12. The van der Waals surface area contributed by atoms with E-state index in [2.05, 4.69) is 54.1 Å². The van der Waals surface area contributed by atoms with Crippen LogP contribution in [0, 0.1) is 11.8 Å². The predicted molar refractivity (Wildman–Crippen MR) is 93.1 cm³/mol. The first-order chi connectivity index (χ1) is 10.6. The quantitative estimate of drug-likeness (QED) is 0.810. The topological polar surface area (TPSA) is 44.4 Å². The van der Waals surface area contributed by atoms with Gasteiger partial charge in [-0.1, -0.05) is 13.0 Å². The largest absolute Gasteiger partial charge is 0.354 e. The van der Waals surface area contributed by atoms with Gasteiger partial charge in [0.25, 0.3) is 0 Å². The molecule has 1 aliphatic rings. The van der Waals surface area contributed by atoms with Crippen LogP contribution in [0.3, 0.4) is 0 Å². The summed E-state index contributed by atoms with van der Waals surface area (Å²) in [6, 6.07) is 4.46. The van der Waals surface area contributed by atoms with E-state index in [4.69, 9.17) is 0 Å². The zero-order chi connectivity index (χ0) is 15.9. The lowest BCUT2D eigenvalue weighted by Crippen LogP contribution is -2.37. The van der Waals surface area contributed by atoms with Crippen molar-refractivity contribution in [2.45, 2.75) is 32.2 Å². The fourth-order valence-corrected chi connectivity index (χ4v) is 4.05. The van der Waals surface area contributed by atoms with Crippen molar-refractivity contribution >= 4 is 17.2 Å². The Labute approximate surface area is 138 Å². The Kier molecular flexibility index (Phi) is 6.86. The van der Waals surface area contributed by atoms with Gasteiger partial charge in [0, 0.05) is 17.8 Å². The highest BCUT2D eigenvalue weighted by Crippen LogP contribution is 2.24. The fraction of sp³-hybridized carbons (Fsp3) is 0.706. The van der Waals surface area contributed by atoms with Gasteiger partial charge in [0.2, 0.25) is 5.91 Å². The molecule has 2 heterocycles. The van der Waals surface area contributed by atoms with Gasteiger partial charge in [0.15, 0.2) is 0 Å². The van der Waals surface area contributed by atoms with Crippen LogP contribution < -0.4 is 10.6 Å². The standard InChI is InChI=1S/C17H29N3OS/c1-13(14-6-4-8-18-11-14)10-17(21)19-12-15(20(2)3)16-7-5-9-22-16/h5,7,9,13-15,18H,4,6,8,10-12H2,1-3H3,(H,19,21). The molecule has 0 saturated carbocycles. The Morgan fingerprint density at radius 1 is 1.55 bits per heavy atom. The van der Waals surface area contributed by atoms with Crippen LogP contribution in [0.2, 0.25) is 0 Å². The highest BCUT2D eigenvalue weighted by molar-refractivity contribution is 7.10. The average molecular weight is 324 g/mol. The van der Waals surface area contributed by atoms with E-state index in [1.165, 1.54) is 17.7 Å². The Morgan fingerprint density at radius 2 is 2.36 bits per heavy atom. The molecule has 1 aliphatic heterocycles. The number of hydrogen-bond donors (Lipinski definition) is 2.